The Morgan fingerprint density at radius 3 is 2.41 bits per heavy atom. The summed E-state index contributed by atoms with van der Waals surface area (Å²) in [4.78, 5) is 11.7. The largest absolute Gasteiger partial charge is 0.485 e. The smallest absolute Gasteiger partial charge is 0.323 e. The highest BCUT2D eigenvalue weighted by molar-refractivity contribution is 6.32. The molecule has 0 aliphatic carbocycles. The molecule has 1 aromatic carbocycles. The zero-order valence-corrected chi connectivity index (χ0v) is 14.7. The molecule has 4 nitrogen and oxygen atoms in total. The molecule has 124 valence electrons. The van der Waals surface area contributed by atoms with E-state index in [2.05, 4.69) is 13.8 Å². The summed E-state index contributed by atoms with van der Waals surface area (Å²) in [7, 11) is 0. The summed E-state index contributed by atoms with van der Waals surface area (Å²) >= 11 is 6.22. The maximum absolute atomic E-state index is 11.7. The number of ether oxygens (including phenoxy) is 2. The maximum Gasteiger partial charge on any atom is 0.323 e. The van der Waals surface area contributed by atoms with Gasteiger partial charge in [0.1, 0.15) is 24.0 Å². The van der Waals surface area contributed by atoms with E-state index < -0.39 is 18.1 Å². The molecule has 0 aliphatic heterocycles. The van der Waals surface area contributed by atoms with Gasteiger partial charge in [-0.15, -0.1) is 0 Å². The van der Waals surface area contributed by atoms with Crippen LogP contribution in [0.25, 0.3) is 0 Å². The van der Waals surface area contributed by atoms with Gasteiger partial charge in [-0.2, -0.15) is 0 Å². The van der Waals surface area contributed by atoms with Crippen LogP contribution >= 0.6 is 11.6 Å². The van der Waals surface area contributed by atoms with Crippen molar-refractivity contribution in [2.24, 2.45) is 11.7 Å². The molecular weight excluding hydrogens is 302 g/mol. The Balaban J connectivity index is 2.85. The highest BCUT2D eigenvalue weighted by Crippen LogP contribution is 2.28. The standard InChI is InChI=1S/C17H26ClNO3/c1-10(2)8-16(13(5)21-17(20)12(4)19)22-15-7-6-11(3)9-14(15)18/h6-7,9-10,12-13,16H,8,19H2,1-5H3/t12-,13-,16+/m0/s1. The van der Waals surface area contributed by atoms with Crippen LogP contribution in [-0.2, 0) is 9.53 Å². The zero-order valence-electron chi connectivity index (χ0n) is 13.9. The van der Waals surface area contributed by atoms with Gasteiger partial charge in [-0.25, -0.2) is 0 Å². The van der Waals surface area contributed by atoms with Crippen molar-refractivity contribution in [3.63, 3.8) is 0 Å². The molecule has 0 spiro atoms. The number of benzene rings is 1. The summed E-state index contributed by atoms with van der Waals surface area (Å²) in [5.74, 6) is 0.562. The monoisotopic (exact) mass is 327 g/mol. The van der Waals surface area contributed by atoms with Crippen molar-refractivity contribution >= 4 is 17.6 Å². The molecule has 1 aromatic rings. The van der Waals surface area contributed by atoms with Crippen molar-refractivity contribution in [2.75, 3.05) is 0 Å². The molecule has 5 heteroatoms. The lowest BCUT2D eigenvalue weighted by molar-refractivity contribution is -0.154. The number of carbonyl (C=O) groups excluding carboxylic acids is 1. The molecule has 0 aromatic heterocycles. The molecule has 0 heterocycles. The fourth-order valence-corrected chi connectivity index (χ4v) is 2.31. The first-order valence-corrected chi connectivity index (χ1v) is 7.97. The third-order valence-corrected chi connectivity index (χ3v) is 3.56. The van der Waals surface area contributed by atoms with Gasteiger partial charge >= 0.3 is 5.97 Å². The first kappa shape index (κ1) is 18.8. The van der Waals surface area contributed by atoms with Crippen LogP contribution in [0.5, 0.6) is 5.75 Å². The maximum atomic E-state index is 11.7. The Labute approximate surface area is 137 Å². The van der Waals surface area contributed by atoms with Crippen molar-refractivity contribution in [3.05, 3.63) is 28.8 Å². The number of halogens is 1. The summed E-state index contributed by atoms with van der Waals surface area (Å²) in [6.45, 7) is 9.56. The Morgan fingerprint density at radius 2 is 1.91 bits per heavy atom. The molecule has 0 amide bonds. The average molecular weight is 328 g/mol. The predicted octanol–water partition coefficient (Wildman–Crippen LogP) is 3.72. The minimum atomic E-state index is -0.648. The van der Waals surface area contributed by atoms with Gasteiger partial charge in [0.2, 0.25) is 0 Å². The van der Waals surface area contributed by atoms with Crippen LogP contribution in [0.4, 0.5) is 0 Å². The molecule has 2 N–H and O–H groups in total. The van der Waals surface area contributed by atoms with Crippen LogP contribution in [0.2, 0.25) is 5.02 Å². The van der Waals surface area contributed by atoms with Crippen molar-refractivity contribution in [1.29, 1.82) is 0 Å². The summed E-state index contributed by atoms with van der Waals surface area (Å²) in [5, 5.41) is 0.555. The number of nitrogens with two attached hydrogens (primary N) is 1. The van der Waals surface area contributed by atoms with E-state index in [4.69, 9.17) is 26.8 Å². The predicted molar refractivity (Wildman–Crippen MR) is 89.3 cm³/mol. The molecule has 22 heavy (non-hydrogen) atoms. The minimum Gasteiger partial charge on any atom is -0.485 e. The van der Waals surface area contributed by atoms with Gasteiger partial charge in [0, 0.05) is 0 Å². The molecule has 0 bridgehead atoms. The number of esters is 1. The number of rotatable bonds is 7. The molecular formula is C17H26ClNO3. The van der Waals surface area contributed by atoms with Crippen LogP contribution in [0.15, 0.2) is 18.2 Å². The zero-order chi connectivity index (χ0) is 16.9. The fourth-order valence-electron chi connectivity index (χ4n) is 2.03. The average Bonchev–Trinajstić information content (AvgIpc) is 2.40. The second-order valence-corrected chi connectivity index (χ2v) is 6.56. The fraction of sp³-hybridized carbons (Fsp3) is 0.588. The van der Waals surface area contributed by atoms with Crippen molar-refractivity contribution < 1.29 is 14.3 Å². The second-order valence-electron chi connectivity index (χ2n) is 6.15. The van der Waals surface area contributed by atoms with E-state index in [9.17, 15) is 4.79 Å². The van der Waals surface area contributed by atoms with Crippen molar-refractivity contribution in [2.45, 2.75) is 59.3 Å². The number of hydrogen-bond donors (Lipinski definition) is 1. The van der Waals surface area contributed by atoms with Crippen LogP contribution in [0.1, 0.15) is 39.7 Å². The first-order valence-electron chi connectivity index (χ1n) is 7.59. The van der Waals surface area contributed by atoms with E-state index in [1.54, 1.807) is 6.92 Å². The van der Waals surface area contributed by atoms with Gasteiger partial charge in [-0.3, -0.25) is 4.79 Å². The Bertz CT molecular complexity index is 503. The lowest BCUT2D eigenvalue weighted by atomic mass is 10.0. The summed E-state index contributed by atoms with van der Waals surface area (Å²) in [5.41, 5.74) is 6.61. The first-order chi connectivity index (χ1) is 10.2. The van der Waals surface area contributed by atoms with Gasteiger partial charge in [0.15, 0.2) is 0 Å². The number of hydrogen-bond acceptors (Lipinski definition) is 4. The lowest BCUT2D eigenvalue weighted by Crippen LogP contribution is -2.39. The van der Waals surface area contributed by atoms with Gasteiger partial charge in [-0.1, -0.05) is 31.5 Å². The van der Waals surface area contributed by atoms with Crippen LogP contribution in [0.3, 0.4) is 0 Å². The van der Waals surface area contributed by atoms with E-state index in [0.717, 1.165) is 12.0 Å². The molecule has 0 aliphatic rings. The Morgan fingerprint density at radius 1 is 1.27 bits per heavy atom. The van der Waals surface area contributed by atoms with Gasteiger partial charge in [0.25, 0.3) is 0 Å². The van der Waals surface area contributed by atoms with Gasteiger partial charge in [-0.05, 0) is 50.8 Å². The topological polar surface area (TPSA) is 61.5 Å². The van der Waals surface area contributed by atoms with Crippen LogP contribution in [-0.4, -0.2) is 24.2 Å². The molecule has 0 saturated heterocycles. The Hall–Kier alpha value is -1.26. The molecule has 0 fully saturated rings. The van der Waals surface area contributed by atoms with E-state index >= 15 is 0 Å². The molecule has 0 radical (unpaired) electrons. The van der Waals surface area contributed by atoms with Crippen LogP contribution < -0.4 is 10.5 Å². The van der Waals surface area contributed by atoms with E-state index in [1.165, 1.54) is 0 Å². The number of carbonyl (C=O) groups is 1. The minimum absolute atomic E-state index is 0.275. The van der Waals surface area contributed by atoms with E-state index in [1.807, 2.05) is 32.0 Å². The quantitative estimate of drug-likeness (QED) is 0.775. The van der Waals surface area contributed by atoms with E-state index in [0.29, 0.717) is 16.7 Å². The highest BCUT2D eigenvalue weighted by atomic mass is 35.5. The second kappa shape index (κ2) is 8.39. The summed E-state index contributed by atoms with van der Waals surface area (Å²) in [6.07, 6.45) is 0.0682. The van der Waals surface area contributed by atoms with Crippen molar-refractivity contribution in [1.82, 2.24) is 0 Å². The summed E-state index contributed by atoms with van der Waals surface area (Å²) in [6, 6.07) is 4.98. The van der Waals surface area contributed by atoms with E-state index in [-0.39, 0.29) is 6.10 Å². The van der Waals surface area contributed by atoms with Crippen LogP contribution in [0, 0.1) is 12.8 Å². The lowest BCUT2D eigenvalue weighted by Gasteiger charge is -2.27. The highest BCUT2D eigenvalue weighted by Gasteiger charge is 2.25. The SMILES string of the molecule is Cc1ccc(O[C@H](CC(C)C)[C@H](C)OC(=O)[C@H](C)N)c(Cl)c1. The van der Waals surface area contributed by atoms with Gasteiger partial charge in [0.05, 0.1) is 5.02 Å². The number of aryl methyl sites for hydroxylation is 1. The Kier molecular flexibility index (Phi) is 7.17. The third-order valence-electron chi connectivity index (χ3n) is 3.27. The molecule has 1 rings (SSSR count). The summed E-state index contributed by atoms with van der Waals surface area (Å²) < 4.78 is 11.4. The van der Waals surface area contributed by atoms with Gasteiger partial charge < -0.3 is 15.2 Å². The van der Waals surface area contributed by atoms with Crippen molar-refractivity contribution in [3.8, 4) is 5.75 Å². The normalized spacial score (nSPS) is 15.3. The molecule has 0 unspecified atom stereocenters. The molecule has 0 saturated carbocycles. The molecule has 3 atom stereocenters. The third kappa shape index (κ3) is 5.85.